The van der Waals surface area contributed by atoms with Gasteiger partial charge in [-0.25, -0.2) is 4.98 Å². The van der Waals surface area contributed by atoms with Crippen LogP contribution in [0.25, 0.3) is 17.3 Å². The predicted molar refractivity (Wildman–Crippen MR) is 133 cm³/mol. The quantitative estimate of drug-likeness (QED) is 0.264. The number of nitrogens with one attached hydrogen (secondary N) is 1. The maximum Gasteiger partial charge on any atom is 0.250 e. The Morgan fingerprint density at radius 2 is 1.91 bits per heavy atom. The molecule has 1 amide bonds. The summed E-state index contributed by atoms with van der Waals surface area (Å²) < 4.78 is 11.2. The lowest BCUT2D eigenvalue weighted by Crippen LogP contribution is -2.07. The summed E-state index contributed by atoms with van der Waals surface area (Å²) in [5.74, 6) is 1.14. The number of thiazole rings is 1. The molecule has 1 aromatic heterocycles. The Morgan fingerprint density at radius 3 is 2.62 bits per heavy atom. The number of aromatic nitrogens is 1. The average Bonchev–Trinajstić information content (AvgIpc) is 3.29. The second-order valence-corrected chi connectivity index (χ2v) is 8.23. The van der Waals surface area contributed by atoms with Crippen molar-refractivity contribution in [3.63, 3.8) is 0 Å². The summed E-state index contributed by atoms with van der Waals surface area (Å²) >= 11 is 1.41. The lowest BCUT2D eigenvalue weighted by Gasteiger charge is -2.11. The summed E-state index contributed by atoms with van der Waals surface area (Å²) in [6.07, 6.45) is 7.56. The number of methoxy groups -OCH3 is 1. The lowest BCUT2D eigenvalue weighted by molar-refractivity contribution is -0.111. The van der Waals surface area contributed by atoms with Gasteiger partial charge in [0, 0.05) is 17.0 Å². The first-order chi connectivity index (χ1) is 15.6. The van der Waals surface area contributed by atoms with Crippen LogP contribution in [0, 0.1) is 0 Å². The summed E-state index contributed by atoms with van der Waals surface area (Å²) in [6, 6.07) is 14.0. The highest BCUT2D eigenvalue weighted by Gasteiger charge is 2.08. The van der Waals surface area contributed by atoms with Gasteiger partial charge in [-0.05, 0) is 42.2 Å². The SMILES string of the molecule is CCCCCOc1ccc(C=CC(=O)Nc2nc(-c3ccc(CC)cc3)cs2)cc1OC. The number of hydrogen-bond acceptors (Lipinski definition) is 5. The Bertz CT molecular complexity index is 1040. The third kappa shape index (κ3) is 6.69. The van der Waals surface area contributed by atoms with Gasteiger partial charge in [-0.15, -0.1) is 11.3 Å². The fraction of sp³-hybridized carbons (Fsp3) is 0.308. The van der Waals surface area contributed by atoms with Gasteiger partial charge in [0.25, 0.3) is 0 Å². The number of nitrogens with zero attached hydrogens (tertiary/aromatic N) is 1. The number of carbonyl (C=O) groups is 1. The summed E-state index contributed by atoms with van der Waals surface area (Å²) in [7, 11) is 1.62. The zero-order valence-electron chi connectivity index (χ0n) is 18.9. The number of aryl methyl sites for hydroxylation is 1. The smallest absolute Gasteiger partial charge is 0.250 e. The van der Waals surface area contributed by atoms with E-state index < -0.39 is 0 Å². The Kier molecular flexibility index (Phi) is 8.87. The van der Waals surface area contributed by atoms with E-state index in [-0.39, 0.29) is 5.91 Å². The van der Waals surface area contributed by atoms with Crippen molar-refractivity contribution in [1.82, 2.24) is 4.98 Å². The molecule has 1 N–H and O–H groups in total. The van der Waals surface area contributed by atoms with Crippen LogP contribution in [0.15, 0.2) is 53.9 Å². The molecule has 168 valence electrons. The fourth-order valence-electron chi connectivity index (χ4n) is 3.14. The van der Waals surface area contributed by atoms with Crippen LogP contribution < -0.4 is 14.8 Å². The monoisotopic (exact) mass is 450 g/mol. The zero-order valence-corrected chi connectivity index (χ0v) is 19.7. The van der Waals surface area contributed by atoms with E-state index in [2.05, 4.69) is 48.4 Å². The summed E-state index contributed by atoms with van der Waals surface area (Å²) in [6.45, 7) is 4.96. The molecule has 1 heterocycles. The summed E-state index contributed by atoms with van der Waals surface area (Å²) in [4.78, 5) is 16.9. The van der Waals surface area contributed by atoms with Crippen LogP contribution in [-0.4, -0.2) is 24.6 Å². The van der Waals surface area contributed by atoms with Crippen LogP contribution in [0.4, 0.5) is 5.13 Å². The van der Waals surface area contributed by atoms with Crippen molar-refractivity contribution in [2.24, 2.45) is 0 Å². The molecular formula is C26H30N2O3S. The Hall–Kier alpha value is -3.12. The van der Waals surface area contributed by atoms with Gasteiger partial charge in [-0.2, -0.15) is 0 Å². The molecular weight excluding hydrogens is 420 g/mol. The first-order valence-corrected chi connectivity index (χ1v) is 11.9. The summed E-state index contributed by atoms with van der Waals surface area (Å²) in [5.41, 5.74) is 4.04. The second-order valence-electron chi connectivity index (χ2n) is 7.38. The van der Waals surface area contributed by atoms with E-state index in [1.165, 1.54) is 23.0 Å². The number of unbranched alkanes of at least 4 members (excludes halogenated alkanes) is 2. The molecule has 0 radical (unpaired) electrons. The predicted octanol–water partition coefficient (Wildman–Crippen LogP) is 6.60. The van der Waals surface area contributed by atoms with Gasteiger partial charge in [0.05, 0.1) is 19.4 Å². The molecule has 0 fully saturated rings. The third-order valence-corrected chi connectivity index (χ3v) is 5.77. The largest absolute Gasteiger partial charge is 0.493 e. The van der Waals surface area contributed by atoms with Gasteiger partial charge in [-0.1, -0.05) is 57.0 Å². The standard InChI is InChI=1S/C26H30N2O3S/c1-4-6-7-16-31-23-14-10-20(17-24(23)30-3)11-15-25(29)28-26-27-22(18-32-26)21-12-8-19(5-2)9-13-21/h8-15,17-18H,4-7,16H2,1-3H3,(H,27,28,29). The van der Waals surface area contributed by atoms with Gasteiger partial charge in [0.1, 0.15) is 0 Å². The van der Waals surface area contributed by atoms with Crippen LogP contribution in [0.2, 0.25) is 0 Å². The number of anilines is 1. The van der Waals surface area contributed by atoms with Crippen LogP contribution in [0.3, 0.4) is 0 Å². The second kappa shape index (κ2) is 12.1. The molecule has 0 unspecified atom stereocenters. The minimum absolute atomic E-state index is 0.230. The zero-order chi connectivity index (χ0) is 22.8. The maximum atomic E-state index is 12.4. The fourth-order valence-corrected chi connectivity index (χ4v) is 3.86. The van der Waals surface area contributed by atoms with E-state index in [1.54, 1.807) is 13.2 Å². The lowest BCUT2D eigenvalue weighted by atomic mass is 10.1. The molecule has 0 bridgehead atoms. The molecule has 0 saturated heterocycles. The van der Waals surface area contributed by atoms with Crippen molar-refractivity contribution in [1.29, 1.82) is 0 Å². The van der Waals surface area contributed by atoms with Gasteiger partial charge in [-0.3, -0.25) is 10.1 Å². The van der Waals surface area contributed by atoms with E-state index >= 15 is 0 Å². The van der Waals surface area contributed by atoms with E-state index in [1.807, 2.05) is 23.6 Å². The minimum Gasteiger partial charge on any atom is -0.493 e. The molecule has 3 rings (SSSR count). The number of hydrogen-bond donors (Lipinski definition) is 1. The van der Waals surface area contributed by atoms with Gasteiger partial charge in [0.15, 0.2) is 16.6 Å². The molecule has 2 aromatic carbocycles. The molecule has 0 aliphatic heterocycles. The number of carbonyl (C=O) groups excluding carboxylic acids is 1. The minimum atomic E-state index is -0.230. The number of ether oxygens (including phenoxy) is 2. The number of amides is 1. The molecule has 0 aliphatic carbocycles. The van der Waals surface area contributed by atoms with Gasteiger partial charge >= 0.3 is 0 Å². The van der Waals surface area contributed by atoms with Crippen LogP contribution in [-0.2, 0) is 11.2 Å². The maximum absolute atomic E-state index is 12.4. The van der Waals surface area contributed by atoms with Crippen molar-refractivity contribution in [2.45, 2.75) is 39.5 Å². The average molecular weight is 451 g/mol. The first-order valence-electron chi connectivity index (χ1n) is 11.0. The van der Waals surface area contributed by atoms with Crippen molar-refractivity contribution in [2.75, 3.05) is 19.0 Å². The Balaban J connectivity index is 1.58. The van der Waals surface area contributed by atoms with Crippen molar-refractivity contribution in [3.05, 3.63) is 65.0 Å². The van der Waals surface area contributed by atoms with Gasteiger partial charge in [0.2, 0.25) is 5.91 Å². The van der Waals surface area contributed by atoms with E-state index in [4.69, 9.17) is 9.47 Å². The van der Waals surface area contributed by atoms with Crippen LogP contribution >= 0.6 is 11.3 Å². The highest BCUT2D eigenvalue weighted by molar-refractivity contribution is 7.14. The molecule has 0 atom stereocenters. The van der Waals surface area contributed by atoms with Crippen molar-refractivity contribution in [3.8, 4) is 22.8 Å². The van der Waals surface area contributed by atoms with E-state index in [0.717, 1.165) is 42.5 Å². The van der Waals surface area contributed by atoms with Gasteiger partial charge < -0.3 is 9.47 Å². The van der Waals surface area contributed by atoms with E-state index in [0.29, 0.717) is 23.2 Å². The molecule has 3 aromatic rings. The first kappa shape index (κ1) is 23.5. The van der Waals surface area contributed by atoms with E-state index in [9.17, 15) is 4.79 Å². The third-order valence-electron chi connectivity index (χ3n) is 5.01. The van der Waals surface area contributed by atoms with Crippen LogP contribution in [0.1, 0.15) is 44.2 Å². The number of rotatable bonds is 11. The molecule has 0 spiro atoms. The Morgan fingerprint density at radius 1 is 1.09 bits per heavy atom. The highest BCUT2D eigenvalue weighted by atomic mass is 32.1. The molecule has 0 aliphatic rings. The molecule has 5 nitrogen and oxygen atoms in total. The van der Waals surface area contributed by atoms with Crippen LogP contribution in [0.5, 0.6) is 11.5 Å². The highest BCUT2D eigenvalue weighted by Crippen LogP contribution is 2.29. The van der Waals surface area contributed by atoms with Crippen molar-refractivity contribution < 1.29 is 14.3 Å². The molecule has 32 heavy (non-hydrogen) atoms. The Labute approximate surface area is 194 Å². The molecule has 6 heteroatoms. The topological polar surface area (TPSA) is 60.5 Å². The molecule has 0 saturated carbocycles. The summed E-state index contributed by atoms with van der Waals surface area (Å²) in [5, 5.41) is 5.35. The van der Waals surface area contributed by atoms with Crippen molar-refractivity contribution >= 4 is 28.5 Å². The number of benzene rings is 2. The normalized spacial score (nSPS) is 11.0.